The predicted octanol–water partition coefficient (Wildman–Crippen LogP) is 4.62. The number of ether oxygens (including phenoxy) is 1. The van der Waals surface area contributed by atoms with E-state index in [0.717, 1.165) is 19.3 Å². The zero-order chi connectivity index (χ0) is 15.9. The Kier molecular flexibility index (Phi) is 5.75. The molecule has 0 saturated carbocycles. The van der Waals surface area contributed by atoms with E-state index in [1.165, 1.54) is 0 Å². The monoisotopic (exact) mass is 304 g/mol. The SMILES string of the molecule is C/C=C/CCc1cc2ccc(OCCCC)c(F)c2c(=O)o1. The second-order valence-electron chi connectivity index (χ2n) is 5.15. The predicted molar refractivity (Wildman–Crippen MR) is 86.0 cm³/mol. The summed E-state index contributed by atoms with van der Waals surface area (Å²) in [5.41, 5.74) is -0.647. The Balaban J connectivity index is 2.33. The standard InChI is InChI=1S/C18H21FO3/c1-3-5-7-8-14-12-13-9-10-15(21-11-6-4-2)17(19)16(13)18(20)22-14/h3,5,9-10,12H,4,6-8,11H2,1-2H3/b5-3+. The highest BCUT2D eigenvalue weighted by Gasteiger charge is 2.14. The van der Waals surface area contributed by atoms with Crippen LogP contribution in [0.4, 0.5) is 4.39 Å². The smallest absolute Gasteiger partial charge is 0.346 e. The molecule has 0 N–H and O–H groups in total. The quantitative estimate of drug-likeness (QED) is 0.553. The van der Waals surface area contributed by atoms with Crippen LogP contribution in [0.5, 0.6) is 5.75 Å². The van der Waals surface area contributed by atoms with Crippen LogP contribution in [-0.4, -0.2) is 6.61 Å². The summed E-state index contributed by atoms with van der Waals surface area (Å²) in [6.07, 6.45) is 7.15. The Morgan fingerprint density at radius 1 is 1.36 bits per heavy atom. The summed E-state index contributed by atoms with van der Waals surface area (Å²) in [5, 5.41) is 0.510. The molecule has 4 heteroatoms. The molecule has 0 aliphatic rings. The number of aryl methyl sites for hydroxylation is 1. The molecule has 1 aromatic carbocycles. The Morgan fingerprint density at radius 3 is 2.91 bits per heavy atom. The summed E-state index contributed by atoms with van der Waals surface area (Å²) in [7, 11) is 0. The minimum Gasteiger partial charge on any atom is -0.490 e. The van der Waals surface area contributed by atoms with Gasteiger partial charge in [0, 0.05) is 6.42 Å². The summed E-state index contributed by atoms with van der Waals surface area (Å²) in [5.74, 6) is 0.0342. The van der Waals surface area contributed by atoms with E-state index in [9.17, 15) is 9.18 Å². The van der Waals surface area contributed by atoms with Crippen molar-refractivity contribution in [2.75, 3.05) is 6.61 Å². The molecule has 118 valence electrons. The van der Waals surface area contributed by atoms with Crippen molar-refractivity contribution in [1.29, 1.82) is 0 Å². The van der Waals surface area contributed by atoms with E-state index >= 15 is 0 Å². The average Bonchev–Trinajstić information content (AvgIpc) is 2.49. The molecule has 1 aromatic heterocycles. The van der Waals surface area contributed by atoms with Crippen molar-refractivity contribution in [2.45, 2.75) is 39.5 Å². The first kappa shape index (κ1) is 16.3. The molecule has 22 heavy (non-hydrogen) atoms. The van der Waals surface area contributed by atoms with Crippen molar-refractivity contribution in [1.82, 2.24) is 0 Å². The zero-order valence-electron chi connectivity index (χ0n) is 13.0. The van der Waals surface area contributed by atoms with Gasteiger partial charge in [-0.3, -0.25) is 0 Å². The molecular formula is C18H21FO3. The molecule has 0 amide bonds. The van der Waals surface area contributed by atoms with Crippen molar-refractivity contribution in [2.24, 2.45) is 0 Å². The van der Waals surface area contributed by atoms with E-state index in [-0.39, 0.29) is 11.1 Å². The maximum atomic E-state index is 14.4. The summed E-state index contributed by atoms with van der Waals surface area (Å²) < 4.78 is 25.0. The van der Waals surface area contributed by atoms with Crippen LogP contribution in [0, 0.1) is 5.82 Å². The lowest BCUT2D eigenvalue weighted by atomic mass is 10.1. The Labute approximate surface area is 129 Å². The number of rotatable bonds is 7. The van der Waals surface area contributed by atoms with Gasteiger partial charge in [0.2, 0.25) is 0 Å². The lowest BCUT2D eigenvalue weighted by molar-refractivity contribution is 0.295. The van der Waals surface area contributed by atoms with Crippen LogP contribution in [0.15, 0.2) is 39.6 Å². The number of benzene rings is 1. The first-order valence-electron chi connectivity index (χ1n) is 7.66. The number of unbranched alkanes of at least 4 members (excludes halogenated alkanes) is 1. The van der Waals surface area contributed by atoms with Crippen molar-refractivity contribution in [3.63, 3.8) is 0 Å². The van der Waals surface area contributed by atoms with E-state index in [1.54, 1.807) is 18.2 Å². The van der Waals surface area contributed by atoms with E-state index in [4.69, 9.17) is 9.15 Å². The van der Waals surface area contributed by atoms with Gasteiger partial charge in [0.05, 0.1) is 6.61 Å². The first-order chi connectivity index (χ1) is 10.7. The molecule has 0 atom stereocenters. The minimum absolute atomic E-state index is 0.0382. The molecule has 0 saturated heterocycles. The fourth-order valence-corrected chi connectivity index (χ4v) is 2.23. The second-order valence-corrected chi connectivity index (χ2v) is 5.15. The number of hydrogen-bond donors (Lipinski definition) is 0. The number of halogens is 1. The summed E-state index contributed by atoms with van der Waals surface area (Å²) in [6, 6.07) is 5.00. The summed E-state index contributed by atoms with van der Waals surface area (Å²) >= 11 is 0. The minimum atomic E-state index is -0.647. The zero-order valence-corrected chi connectivity index (χ0v) is 13.0. The lowest BCUT2D eigenvalue weighted by Crippen LogP contribution is -2.07. The molecule has 2 aromatic rings. The van der Waals surface area contributed by atoms with Crippen LogP contribution in [0.2, 0.25) is 0 Å². The van der Waals surface area contributed by atoms with Crippen molar-refractivity contribution in [3.8, 4) is 5.75 Å². The average molecular weight is 304 g/mol. The van der Waals surface area contributed by atoms with Crippen molar-refractivity contribution < 1.29 is 13.5 Å². The third kappa shape index (κ3) is 3.75. The van der Waals surface area contributed by atoms with Gasteiger partial charge in [0.25, 0.3) is 0 Å². The first-order valence-corrected chi connectivity index (χ1v) is 7.66. The molecule has 0 bridgehead atoms. The maximum Gasteiger partial charge on any atom is 0.346 e. The fourth-order valence-electron chi connectivity index (χ4n) is 2.23. The van der Waals surface area contributed by atoms with Crippen LogP contribution in [-0.2, 0) is 6.42 Å². The van der Waals surface area contributed by atoms with Gasteiger partial charge in [0.1, 0.15) is 11.1 Å². The molecule has 0 fully saturated rings. The lowest BCUT2D eigenvalue weighted by Gasteiger charge is -2.08. The van der Waals surface area contributed by atoms with Gasteiger partial charge < -0.3 is 9.15 Å². The summed E-state index contributed by atoms with van der Waals surface area (Å²) in [4.78, 5) is 12.1. The topological polar surface area (TPSA) is 39.4 Å². The van der Waals surface area contributed by atoms with Gasteiger partial charge in [0.15, 0.2) is 11.6 Å². The molecular weight excluding hydrogens is 283 g/mol. The third-order valence-electron chi connectivity index (χ3n) is 3.43. The molecule has 0 aliphatic heterocycles. The third-order valence-corrected chi connectivity index (χ3v) is 3.43. The highest BCUT2D eigenvalue weighted by Crippen LogP contribution is 2.25. The van der Waals surface area contributed by atoms with Crippen molar-refractivity contribution >= 4 is 10.8 Å². The fraction of sp³-hybridized carbons (Fsp3) is 0.389. The normalized spacial score (nSPS) is 11.4. The highest BCUT2D eigenvalue weighted by atomic mass is 19.1. The number of fused-ring (bicyclic) bond motifs is 1. The largest absolute Gasteiger partial charge is 0.490 e. The van der Waals surface area contributed by atoms with Crippen molar-refractivity contribution in [3.05, 3.63) is 52.3 Å². The van der Waals surface area contributed by atoms with Gasteiger partial charge in [-0.1, -0.05) is 31.6 Å². The van der Waals surface area contributed by atoms with Crippen LogP contribution in [0.1, 0.15) is 38.9 Å². The molecule has 2 rings (SSSR count). The van der Waals surface area contributed by atoms with Crippen LogP contribution in [0.25, 0.3) is 10.8 Å². The van der Waals surface area contributed by atoms with Crippen LogP contribution < -0.4 is 10.4 Å². The molecule has 0 radical (unpaired) electrons. The maximum absolute atomic E-state index is 14.4. The Hall–Kier alpha value is -2.10. The number of hydrogen-bond acceptors (Lipinski definition) is 3. The van der Waals surface area contributed by atoms with Gasteiger partial charge >= 0.3 is 5.63 Å². The van der Waals surface area contributed by atoms with Gasteiger partial charge in [-0.2, -0.15) is 0 Å². The van der Waals surface area contributed by atoms with E-state index < -0.39 is 11.4 Å². The molecule has 3 nitrogen and oxygen atoms in total. The molecule has 1 heterocycles. The summed E-state index contributed by atoms with van der Waals surface area (Å²) in [6.45, 7) is 4.40. The van der Waals surface area contributed by atoms with Gasteiger partial charge in [-0.15, -0.1) is 0 Å². The molecule has 0 spiro atoms. The van der Waals surface area contributed by atoms with E-state index in [0.29, 0.717) is 24.2 Å². The highest BCUT2D eigenvalue weighted by molar-refractivity contribution is 5.83. The van der Waals surface area contributed by atoms with Gasteiger partial charge in [-0.25, -0.2) is 9.18 Å². The molecule has 0 aliphatic carbocycles. The number of allylic oxidation sites excluding steroid dienone is 2. The van der Waals surface area contributed by atoms with Gasteiger partial charge in [-0.05, 0) is 37.3 Å². The Bertz CT molecular complexity index is 716. The van der Waals surface area contributed by atoms with Crippen LogP contribution >= 0.6 is 0 Å². The second kappa shape index (κ2) is 7.78. The van der Waals surface area contributed by atoms with E-state index in [2.05, 4.69) is 0 Å². The van der Waals surface area contributed by atoms with E-state index in [1.807, 2.05) is 26.0 Å². The molecule has 0 unspecified atom stereocenters. The van der Waals surface area contributed by atoms with Crippen LogP contribution in [0.3, 0.4) is 0 Å². The Morgan fingerprint density at radius 2 is 2.18 bits per heavy atom.